The molecule has 2 atom stereocenters. The van der Waals surface area contributed by atoms with Gasteiger partial charge in [-0.25, -0.2) is 0 Å². The Morgan fingerprint density at radius 1 is 1.14 bits per heavy atom. The van der Waals surface area contributed by atoms with E-state index in [4.69, 9.17) is 9.15 Å². The van der Waals surface area contributed by atoms with Crippen molar-refractivity contribution in [3.63, 3.8) is 0 Å². The van der Waals surface area contributed by atoms with Crippen molar-refractivity contribution < 1.29 is 14.3 Å². The van der Waals surface area contributed by atoms with Gasteiger partial charge in [-0.1, -0.05) is 45.0 Å². The Bertz CT molecular complexity index is 535. The third-order valence-electron chi connectivity index (χ3n) is 4.95. The second-order valence-corrected chi connectivity index (χ2v) is 12.7. The van der Waals surface area contributed by atoms with Crippen LogP contribution in [0.5, 0.6) is 0 Å². The molecule has 1 saturated carbocycles. The van der Waals surface area contributed by atoms with Crippen LogP contribution in [0.4, 0.5) is 0 Å². The largest absolute Gasteiger partial charge is 0.474 e. The van der Waals surface area contributed by atoms with Gasteiger partial charge in [0.25, 0.3) is 0 Å². The van der Waals surface area contributed by atoms with Crippen LogP contribution in [0.25, 0.3) is 0 Å². The fourth-order valence-electron chi connectivity index (χ4n) is 3.57. The molecule has 1 aliphatic heterocycles. The summed E-state index contributed by atoms with van der Waals surface area (Å²) < 4.78 is 11.6. The standard InChI is InChI=1S/C18H28O3Si/c1-22(2,3)17-11-14(12-20-17)16-10-9-15(18(19)21-16)13-7-5-4-6-8-13/h9,11-13,16,18-19H,4-8,10H2,1-3H3. The average molecular weight is 321 g/mol. The van der Waals surface area contributed by atoms with Gasteiger partial charge in [-0.15, -0.1) is 0 Å². The number of hydrogen-bond acceptors (Lipinski definition) is 3. The fraction of sp³-hybridized carbons (Fsp3) is 0.667. The minimum absolute atomic E-state index is 0.0730. The van der Waals surface area contributed by atoms with Gasteiger partial charge >= 0.3 is 0 Å². The monoisotopic (exact) mass is 320 g/mol. The number of hydrogen-bond donors (Lipinski definition) is 1. The molecule has 0 aromatic carbocycles. The molecule has 1 aromatic rings. The summed E-state index contributed by atoms with van der Waals surface area (Å²) in [4.78, 5) is 0. The first-order valence-electron chi connectivity index (χ1n) is 8.57. The number of aliphatic hydroxyl groups excluding tert-OH is 1. The molecular weight excluding hydrogens is 292 g/mol. The molecule has 0 spiro atoms. The smallest absolute Gasteiger partial charge is 0.178 e. The van der Waals surface area contributed by atoms with Gasteiger partial charge in [-0.3, -0.25) is 0 Å². The van der Waals surface area contributed by atoms with E-state index in [0.29, 0.717) is 5.92 Å². The molecule has 122 valence electrons. The van der Waals surface area contributed by atoms with Crippen LogP contribution in [0.3, 0.4) is 0 Å². The molecule has 2 heterocycles. The molecule has 0 saturated heterocycles. The number of ether oxygens (including phenoxy) is 1. The van der Waals surface area contributed by atoms with Crippen LogP contribution in [0, 0.1) is 5.92 Å². The summed E-state index contributed by atoms with van der Waals surface area (Å²) in [7, 11) is -1.43. The lowest BCUT2D eigenvalue weighted by Crippen LogP contribution is -2.36. The van der Waals surface area contributed by atoms with Gasteiger partial charge in [0.15, 0.2) is 6.29 Å². The summed E-state index contributed by atoms with van der Waals surface area (Å²) in [5.41, 5.74) is 2.18. The highest BCUT2D eigenvalue weighted by molar-refractivity contribution is 6.87. The summed E-state index contributed by atoms with van der Waals surface area (Å²) in [6, 6.07) is 2.13. The predicted octanol–water partition coefficient (Wildman–Crippen LogP) is 4.11. The molecule has 4 heteroatoms. The van der Waals surface area contributed by atoms with Crippen molar-refractivity contribution in [2.75, 3.05) is 0 Å². The molecule has 2 unspecified atom stereocenters. The van der Waals surface area contributed by atoms with Gasteiger partial charge in [0, 0.05) is 5.56 Å². The van der Waals surface area contributed by atoms with Crippen molar-refractivity contribution >= 4 is 13.5 Å². The van der Waals surface area contributed by atoms with Crippen LogP contribution in [0.1, 0.15) is 50.2 Å². The average Bonchev–Trinajstić information content (AvgIpc) is 2.98. The van der Waals surface area contributed by atoms with Gasteiger partial charge < -0.3 is 14.3 Å². The van der Waals surface area contributed by atoms with E-state index in [2.05, 4.69) is 31.8 Å². The van der Waals surface area contributed by atoms with Crippen molar-refractivity contribution in [3.05, 3.63) is 29.5 Å². The van der Waals surface area contributed by atoms with Crippen LogP contribution in [-0.4, -0.2) is 19.5 Å². The van der Waals surface area contributed by atoms with Crippen LogP contribution >= 0.6 is 0 Å². The maximum atomic E-state index is 10.4. The van der Waals surface area contributed by atoms with E-state index in [1.54, 1.807) is 0 Å². The minimum atomic E-state index is -1.43. The lowest BCUT2D eigenvalue weighted by molar-refractivity contribution is -0.127. The second-order valence-electron chi connectivity index (χ2n) is 7.75. The van der Waals surface area contributed by atoms with Gasteiger partial charge in [-0.2, -0.15) is 0 Å². The maximum absolute atomic E-state index is 10.4. The van der Waals surface area contributed by atoms with Gasteiger partial charge in [0.2, 0.25) is 0 Å². The SMILES string of the molecule is C[Si](C)(C)c1cc(C2CC=C(C3CCCCC3)C(O)O2)co1. The first-order valence-corrected chi connectivity index (χ1v) is 12.1. The summed E-state index contributed by atoms with van der Waals surface area (Å²) in [6.45, 7) is 6.81. The zero-order valence-corrected chi connectivity index (χ0v) is 15.0. The van der Waals surface area contributed by atoms with Crippen LogP contribution in [0.15, 0.2) is 28.4 Å². The lowest BCUT2D eigenvalue weighted by atomic mass is 9.82. The molecule has 3 nitrogen and oxygen atoms in total. The summed E-state index contributed by atoms with van der Waals surface area (Å²) in [5, 5.41) is 11.5. The molecule has 0 amide bonds. The molecule has 0 radical (unpaired) electrons. The first kappa shape index (κ1) is 16.0. The highest BCUT2D eigenvalue weighted by atomic mass is 28.3. The van der Waals surface area contributed by atoms with E-state index in [9.17, 15) is 5.11 Å². The predicted molar refractivity (Wildman–Crippen MR) is 90.8 cm³/mol. The molecule has 3 rings (SSSR count). The Balaban J connectivity index is 1.71. The van der Waals surface area contributed by atoms with E-state index in [-0.39, 0.29) is 6.10 Å². The van der Waals surface area contributed by atoms with Crippen LogP contribution in [0.2, 0.25) is 19.6 Å². The van der Waals surface area contributed by atoms with E-state index in [1.807, 2.05) is 6.26 Å². The highest BCUT2D eigenvalue weighted by Crippen LogP contribution is 2.38. The van der Waals surface area contributed by atoms with Crippen molar-refractivity contribution in [2.24, 2.45) is 5.92 Å². The maximum Gasteiger partial charge on any atom is 0.178 e. The zero-order valence-electron chi connectivity index (χ0n) is 14.0. The van der Waals surface area contributed by atoms with E-state index < -0.39 is 14.4 Å². The first-order chi connectivity index (χ1) is 10.4. The normalized spacial score (nSPS) is 27.7. The third kappa shape index (κ3) is 3.39. The number of aliphatic hydroxyl groups is 1. The molecular formula is C18H28O3Si. The van der Waals surface area contributed by atoms with Crippen molar-refractivity contribution in [3.8, 4) is 0 Å². The molecule has 1 aliphatic carbocycles. The van der Waals surface area contributed by atoms with Gasteiger partial charge in [0.05, 0.1) is 17.8 Å². The second kappa shape index (κ2) is 6.34. The third-order valence-corrected chi connectivity index (χ3v) is 6.69. The van der Waals surface area contributed by atoms with E-state index in [1.165, 1.54) is 32.1 Å². The van der Waals surface area contributed by atoms with E-state index >= 15 is 0 Å². The topological polar surface area (TPSA) is 42.6 Å². The summed E-state index contributed by atoms with van der Waals surface area (Å²) >= 11 is 0. The molecule has 1 N–H and O–H groups in total. The van der Waals surface area contributed by atoms with Gasteiger partial charge in [0.1, 0.15) is 8.07 Å². The van der Waals surface area contributed by atoms with E-state index in [0.717, 1.165) is 22.9 Å². The highest BCUT2D eigenvalue weighted by Gasteiger charge is 2.31. The molecule has 1 fully saturated rings. The minimum Gasteiger partial charge on any atom is -0.474 e. The fourth-order valence-corrected chi connectivity index (χ4v) is 4.58. The van der Waals surface area contributed by atoms with Gasteiger partial charge in [-0.05, 0) is 36.8 Å². The van der Waals surface area contributed by atoms with Crippen molar-refractivity contribution in [1.82, 2.24) is 0 Å². The number of furan rings is 1. The molecule has 1 aromatic heterocycles. The Morgan fingerprint density at radius 2 is 1.86 bits per heavy atom. The summed E-state index contributed by atoms with van der Waals surface area (Å²) in [5.74, 6) is 0.520. The van der Waals surface area contributed by atoms with Crippen molar-refractivity contribution in [1.29, 1.82) is 0 Å². The molecule has 22 heavy (non-hydrogen) atoms. The zero-order chi connectivity index (χ0) is 15.7. The Hall–Kier alpha value is -0.843. The number of rotatable bonds is 3. The van der Waals surface area contributed by atoms with Crippen molar-refractivity contribution in [2.45, 2.75) is 70.6 Å². The lowest BCUT2D eigenvalue weighted by Gasteiger charge is -2.33. The quantitative estimate of drug-likeness (QED) is 0.673. The van der Waals surface area contributed by atoms with Crippen LogP contribution in [-0.2, 0) is 4.74 Å². The Labute approximate surface area is 134 Å². The molecule has 0 bridgehead atoms. The Morgan fingerprint density at radius 3 is 2.45 bits per heavy atom. The Kier molecular flexibility index (Phi) is 4.62. The molecule has 2 aliphatic rings. The summed E-state index contributed by atoms with van der Waals surface area (Å²) in [6.07, 6.45) is 10.3. The van der Waals surface area contributed by atoms with Crippen LogP contribution < -0.4 is 5.38 Å².